The van der Waals surface area contributed by atoms with E-state index >= 15 is 0 Å². The van der Waals surface area contributed by atoms with Crippen LogP contribution < -0.4 is 5.32 Å². The second kappa shape index (κ2) is 5.36. The SMILES string of the molecule is Cc1c(NC(=O)c2cccc(C(F)(F)F)c2F)n[nH]c1C1CC1. The molecule has 0 spiro atoms. The molecule has 1 aliphatic rings. The van der Waals surface area contributed by atoms with Crippen molar-refractivity contribution in [2.24, 2.45) is 0 Å². The second-order valence-electron chi connectivity index (χ2n) is 5.50. The number of aromatic nitrogens is 2. The number of alkyl halides is 3. The molecule has 1 fully saturated rings. The molecule has 4 nitrogen and oxygen atoms in total. The molecule has 2 N–H and O–H groups in total. The summed E-state index contributed by atoms with van der Waals surface area (Å²) in [7, 11) is 0. The Bertz CT molecular complexity index is 763. The number of rotatable bonds is 3. The highest BCUT2D eigenvalue weighted by atomic mass is 19.4. The highest BCUT2D eigenvalue weighted by Gasteiger charge is 2.36. The van der Waals surface area contributed by atoms with E-state index in [0.717, 1.165) is 30.7 Å². The molecule has 8 heteroatoms. The summed E-state index contributed by atoms with van der Waals surface area (Å²) in [4.78, 5) is 12.1. The monoisotopic (exact) mass is 327 g/mol. The van der Waals surface area contributed by atoms with Crippen molar-refractivity contribution in [2.75, 3.05) is 5.32 Å². The van der Waals surface area contributed by atoms with Gasteiger partial charge in [-0.1, -0.05) is 6.07 Å². The van der Waals surface area contributed by atoms with Crippen molar-refractivity contribution >= 4 is 11.7 Å². The molecule has 0 atom stereocenters. The number of hydrogen-bond acceptors (Lipinski definition) is 2. The van der Waals surface area contributed by atoms with Crippen molar-refractivity contribution in [2.45, 2.75) is 31.9 Å². The molecule has 3 rings (SSSR count). The summed E-state index contributed by atoms with van der Waals surface area (Å²) < 4.78 is 52.0. The summed E-state index contributed by atoms with van der Waals surface area (Å²) in [5, 5.41) is 9.11. The number of anilines is 1. The first-order valence-corrected chi connectivity index (χ1v) is 7.01. The second-order valence-corrected chi connectivity index (χ2v) is 5.50. The lowest BCUT2D eigenvalue weighted by molar-refractivity contribution is -0.140. The Morgan fingerprint density at radius 1 is 1.35 bits per heavy atom. The molecule has 1 amide bonds. The van der Waals surface area contributed by atoms with Gasteiger partial charge in [0.25, 0.3) is 5.91 Å². The van der Waals surface area contributed by atoms with E-state index in [9.17, 15) is 22.4 Å². The van der Waals surface area contributed by atoms with Crippen LogP contribution in [0.4, 0.5) is 23.4 Å². The van der Waals surface area contributed by atoms with Gasteiger partial charge in [0, 0.05) is 17.2 Å². The number of halogens is 4. The Kier molecular flexibility index (Phi) is 3.62. The lowest BCUT2D eigenvalue weighted by Gasteiger charge is -2.11. The Labute approximate surface area is 128 Å². The van der Waals surface area contributed by atoms with Crippen molar-refractivity contribution in [1.29, 1.82) is 0 Å². The average molecular weight is 327 g/mol. The number of amides is 1. The Morgan fingerprint density at radius 2 is 2.04 bits per heavy atom. The van der Waals surface area contributed by atoms with Crippen LogP contribution in [0.3, 0.4) is 0 Å². The summed E-state index contributed by atoms with van der Waals surface area (Å²) in [5.41, 5.74) is -0.532. The number of benzene rings is 1. The maximum atomic E-state index is 14.0. The Balaban J connectivity index is 1.87. The molecule has 1 aromatic heterocycles. The van der Waals surface area contributed by atoms with Crippen LogP contribution in [-0.2, 0) is 6.18 Å². The van der Waals surface area contributed by atoms with E-state index in [1.807, 2.05) is 0 Å². The van der Waals surface area contributed by atoms with E-state index in [4.69, 9.17) is 0 Å². The van der Waals surface area contributed by atoms with Gasteiger partial charge in [-0.25, -0.2) is 4.39 Å². The molecule has 23 heavy (non-hydrogen) atoms. The number of carbonyl (C=O) groups excluding carboxylic acids is 1. The third kappa shape index (κ3) is 2.93. The largest absolute Gasteiger partial charge is 0.419 e. The first-order chi connectivity index (χ1) is 10.8. The molecular weight excluding hydrogens is 314 g/mol. The van der Waals surface area contributed by atoms with Crippen LogP contribution in [0.15, 0.2) is 18.2 Å². The maximum absolute atomic E-state index is 14.0. The molecule has 0 radical (unpaired) electrons. The van der Waals surface area contributed by atoms with Crippen molar-refractivity contribution in [1.82, 2.24) is 10.2 Å². The summed E-state index contributed by atoms with van der Waals surface area (Å²) in [6.45, 7) is 1.75. The van der Waals surface area contributed by atoms with Crippen LogP contribution in [0.2, 0.25) is 0 Å². The van der Waals surface area contributed by atoms with Crippen LogP contribution in [0.1, 0.15) is 45.9 Å². The maximum Gasteiger partial charge on any atom is 0.419 e. The summed E-state index contributed by atoms with van der Waals surface area (Å²) in [6, 6.07) is 2.59. The normalized spacial score (nSPS) is 14.8. The van der Waals surface area contributed by atoms with E-state index in [2.05, 4.69) is 15.5 Å². The summed E-state index contributed by atoms with van der Waals surface area (Å²) in [5.74, 6) is -1.98. The zero-order chi connectivity index (χ0) is 16.8. The van der Waals surface area contributed by atoms with E-state index in [0.29, 0.717) is 17.5 Å². The minimum Gasteiger partial charge on any atom is -0.305 e. The molecule has 1 saturated carbocycles. The number of nitrogens with one attached hydrogen (secondary N) is 2. The fourth-order valence-electron chi connectivity index (χ4n) is 2.40. The van der Waals surface area contributed by atoms with Gasteiger partial charge < -0.3 is 5.32 Å². The van der Waals surface area contributed by atoms with Gasteiger partial charge in [-0.15, -0.1) is 0 Å². The third-order valence-electron chi connectivity index (χ3n) is 3.81. The molecule has 1 aromatic carbocycles. The molecule has 0 unspecified atom stereocenters. The quantitative estimate of drug-likeness (QED) is 0.837. The van der Waals surface area contributed by atoms with Crippen LogP contribution in [0.25, 0.3) is 0 Å². The molecule has 0 saturated heterocycles. The van der Waals surface area contributed by atoms with Crippen LogP contribution in [0.5, 0.6) is 0 Å². The number of carbonyl (C=O) groups is 1. The van der Waals surface area contributed by atoms with E-state index in [1.165, 1.54) is 0 Å². The number of H-pyrrole nitrogens is 1. The first kappa shape index (κ1) is 15.5. The predicted octanol–water partition coefficient (Wildman–Crippen LogP) is 4.01. The van der Waals surface area contributed by atoms with Gasteiger partial charge in [0.15, 0.2) is 5.82 Å². The average Bonchev–Trinajstić information content (AvgIpc) is 3.24. The van der Waals surface area contributed by atoms with Crippen molar-refractivity contribution < 1.29 is 22.4 Å². The Hall–Kier alpha value is -2.38. The molecule has 1 heterocycles. The predicted molar refractivity (Wildman–Crippen MR) is 74.7 cm³/mol. The standard InChI is InChI=1S/C15H13F4N3O/c1-7-12(8-5-6-8)21-22-13(7)20-14(23)9-3-2-4-10(11(9)16)15(17,18)19/h2-4,8H,5-6H2,1H3,(H2,20,21,22,23). The van der Waals surface area contributed by atoms with Crippen LogP contribution in [0, 0.1) is 12.7 Å². The zero-order valence-electron chi connectivity index (χ0n) is 12.1. The van der Waals surface area contributed by atoms with Gasteiger partial charge in [-0.3, -0.25) is 9.89 Å². The summed E-state index contributed by atoms with van der Waals surface area (Å²) in [6.07, 6.45) is -2.81. The first-order valence-electron chi connectivity index (χ1n) is 7.01. The molecular formula is C15H13F4N3O. The Morgan fingerprint density at radius 3 is 2.65 bits per heavy atom. The van der Waals surface area contributed by atoms with Gasteiger partial charge in [0.05, 0.1) is 11.1 Å². The third-order valence-corrected chi connectivity index (χ3v) is 3.81. The highest BCUT2D eigenvalue weighted by molar-refractivity contribution is 6.04. The fraction of sp³-hybridized carbons (Fsp3) is 0.333. The van der Waals surface area contributed by atoms with E-state index < -0.39 is 29.0 Å². The van der Waals surface area contributed by atoms with Crippen molar-refractivity contribution in [3.8, 4) is 0 Å². The van der Waals surface area contributed by atoms with Gasteiger partial charge in [0.1, 0.15) is 5.82 Å². The zero-order valence-corrected chi connectivity index (χ0v) is 12.1. The van der Waals surface area contributed by atoms with Crippen molar-refractivity contribution in [3.63, 3.8) is 0 Å². The molecule has 122 valence electrons. The highest BCUT2D eigenvalue weighted by Crippen LogP contribution is 2.41. The van der Waals surface area contributed by atoms with Crippen LogP contribution >= 0.6 is 0 Å². The molecule has 0 bridgehead atoms. The number of aromatic amines is 1. The van der Waals surface area contributed by atoms with Crippen LogP contribution in [-0.4, -0.2) is 16.1 Å². The minimum absolute atomic E-state index is 0.203. The molecule has 1 aliphatic carbocycles. The van der Waals surface area contributed by atoms with E-state index in [-0.39, 0.29) is 5.82 Å². The smallest absolute Gasteiger partial charge is 0.305 e. The number of hydrogen-bond donors (Lipinski definition) is 2. The van der Waals surface area contributed by atoms with E-state index in [1.54, 1.807) is 6.92 Å². The van der Waals surface area contributed by atoms with Gasteiger partial charge in [-0.2, -0.15) is 18.3 Å². The van der Waals surface area contributed by atoms with Gasteiger partial charge in [-0.05, 0) is 31.9 Å². The topological polar surface area (TPSA) is 57.8 Å². The van der Waals surface area contributed by atoms with Gasteiger partial charge in [0.2, 0.25) is 0 Å². The molecule has 0 aliphatic heterocycles. The van der Waals surface area contributed by atoms with Crippen molar-refractivity contribution in [3.05, 3.63) is 46.4 Å². The lowest BCUT2D eigenvalue weighted by atomic mass is 10.1. The van der Waals surface area contributed by atoms with Gasteiger partial charge >= 0.3 is 6.18 Å². The fourth-order valence-corrected chi connectivity index (χ4v) is 2.40. The summed E-state index contributed by atoms with van der Waals surface area (Å²) >= 11 is 0. The molecule has 2 aromatic rings. The minimum atomic E-state index is -4.86. The number of nitrogens with zero attached hydrogens (tertiary/aromatic N) is 1. The lowest BCUT2D eigenvalue weighted by Crippen LogP contribution is -2.18.